The Hall–Kier alpha value is -2.18. The molecular formula is C25H27ClF3NO6S. The van der Waals surface area contributed by atoms with Crippen molar-refractivity contribution in [2.24, 2.45) is 23.7 Å². The molecule has 202 valence electrons. The van der Waals surface area contributed by atoms with Gasteiger partial charge in [-0.15, -0.1) is 0 Å². The molecule has 0 aromatic heterocycles. The summed E-state index contributed by atoms with van der Waals surface area (Å²) >= 11 is 6.23. The second kappa shape index (κ2) is 10.5. The van der Waals surface area contributed by atoms with Crippen LogP contribution in [0.25, 0.3) is 0 Å². The number of hydrogen-bond acceptors (Lipinski definition) is 6. The van der Waals surface area contributed by atoms with Crippen molar-refractivity contribution in [1.82, 2.24) is 0 Å². The lowest BCUT2D eigenvalue weighted by molar-refractivity contribution is -0.0702. The number of fused-ring (bicyclic) bond motifs is 2. The molecule has 0 spiro atoms. The Morgan fingerprint density at radius 1 is 1.11 bits per heavy atom. The van der Waals surface area contributed by atoms with E-state index in [2.05, 4.69) is 5.32 Å². The predicted molar refractivity (Wildman–Crippen MR) is 129 cm³/mol. The van der Waals surface area contributed by atoms with Gasteiger partial charge in [0.2, 0.25) is 0 Å². The van der Waals surface area contributed by atoms with E-state index in [0.29, 0.717) is 18.6 Å². The Balaban J connectivity index is 1.58. The van der Waals surface area contributed by atoms with Crippen LogP contribution in [-0.4, -0.2) is 53.7 Å². The number of aliphatic hydroxyl groups excluding tert-OH is 3. The highest BCUT2D eigenvalue weighted by atomic mass is 35.5. The van der Waals surface area contributed by atoms with E-state index in [-0.39, 0.29) is 57.7 Å². The molecule has 7 atom stereocenters. The maximum atomic E-state index is 13.7. The van der Waals surface area contributed by atoms with E-state index in [1.807, 2.05) is 6.92 Å². The quantitative estimate of drug-likeness (QED) is 0.383. The molecule has 2 fully saturated rings. The number of hydrogen-bond donors (Lipinski definition) is 4. The Morgan fingerprint density at radius 3 is 2.35 bits per heavy atom. The number of sulfone groups is 1. The SMILES string of the molecule is C[C@H]1CC2CC(S(=O)(=O)c3cc(C(=O)Nc4cc(F)c(F)c(F)c4)ccc3Cl)CC1[C@H]2C(O)C(O)CO. The molecule has 4 N–H and O–H groups in total. The first-order chi connectivity index (χ1) is 17.3. The van der Waals surface area contributed by atoms with E-state index < -0.39 is 57.3 Å². The predicted octanol–water partition coefficient (Wildman–Crippen LogP) is 3.55. The smallest absolute Gasteiger partial charge is 0.255 e. The lowest BCUT2D eigenvalue weighted by Gasteiger charge is -2.39. The largest absolute Gasteiger partial charge is 0.394 e. The second-order valence-electron chi connectivity index (χ2n) is 9.95. The Morgan fingerprint density at radius 2 is 1.76 bits per heavy atom. The van der Waals surface area contributed by atoms with Gasteiger partial charge in [-0.05, 0) is 61.1 Å². The second-order valence-corrected chi connectivity index (χ2v) is 12.6. The summed E-state index contributed by atoms with van der Waals surface area (Å²) < 4.78 is 67.5. The van der Waals surface area contributed by atoms with Crippen LogP contribution in [0.5, 0.6) is 0 Å². The number of nitrogens with one attached hydrogen (secondary N) is 1. The van der Waals surface area contributed by atoms with Crippen molar-refractivity contribution < 1.29 is 41.7 Å². The minimum Gasteiger partial charge on any atom is -0.394 e. The molecule has 2 aromatic rings. The molecule has 2 aliphatic carbocycles. The van der Waals surface area contributed by atoms with Gasteiger partial charge in [-0.25, -0.2) is 21.6 Å². The lowest BCUT2D eigenvalue weighted by atomic mass is 9.73. The number of benzene rings is 2. The van der Waals surface area contributed by atoms with Crippen LogP contribution in [0.2, 0.25) is 5.02 Å². The van der Waals surface area contributed by atoms with Gasteiger partial charge < -0.3 is 20.6 Å². The number of rotatable bonds is 7. The van der Waals surface area contributed by atoms with Gasteiger partial charge in [0.1, 0.15) is 6.10 Å². The summed E-state index contributed by atoms with van der Waals surface area (Å²) in [6, 6.07) is 4.77. The van der Waals surface area contributed by atoms with Crippen molar-refractivity contribution in [1.29, 1.82) is 0 Å². The molecule has 2 aliphatic rings. The molecule has 0 saturated heterocycles. The average molecular weight is 562 g/mol. The number of anilines is 1. The van der Waals surface area contributed by atoms with Crippen LogP contribution in [-0.2, 0) is 9.84 Å². The molecule has 0 heterocycles. The molecule has 2 saturated carbocycles. The third-order valence-corrected chi connectivity index (χ3v) is 10.4. The van der Waals surface area contributed by atoms with Gasteiger partial charge in [-0.2, -0.15) is 0 Å². The zero-order valence-electron chi connectivity index (χ0n) is 19.7. The molecule has 37 heavy (non-hydrogen) atoms. The van der Waals surface area contributed by atoms with Gasteiger partial charge >= 0.3 is 0 Å². The van der Waals surface area contributed by atoms with E-state index in [4.69, 9.17) is 11.6 Å². The normalized spacial score (nSPS) is 27.1. The third kappa shape index (κ3) is 5.24. The highest BCUT2D eigenvalue weighted by molar-refractivity contribution is 7.92. The fourth-order valence-corrected chi connectivity index (χ4v) is 8.35. The van der Waals surface area contributed by atoms with Crippen molar-refractivity contribution >= 4 is 33.0 Å². The third-order valence-electron chi connectivity index (χ3n) is 7.70. The Kier molecular flexibility index (Phi) is 7.92. The first kappa shape index (κ1) is 27.8. The van der Waals surface area contributed by atoms with E-state index in [0.717, 1.165) is 6.07 Å². The number of carbonyl (C=O) groups is 1. The molecule has 0 radical (unpaired) electrons. The van der Waals surface area contributed by atoms with E-state index in [1.54, 1.807) is 0 Å². The Bertz CT molecular complexity index is 1290. The number of halogens is 4. The number of aliphatic hydroxyl groups is 3. The molecule has 12 heteroatoms. The van der Waals surface area contributed by atoms with Gasteiger partial charge in [0, 0.05) is 23.4 Å². The van der Waals surface area contributed by atoms with Crippen molar-refractivity contribution in [2.45, 2.75) is 48.5 Å². The standard InChI is InChI=1S/C25H27ClF3NO6S/c1-11-4-13-5-15(9-16(11)22(13)24(33)20(32)10-31)37(35,36)21-6-12(2-3-17(21)26)25(34)30-14-7-18(27)23(29)19(28)8-14/h2-3,6-8,11,13,15-16,20,22,24,31-33H,4-5,9-10H2,1H3,(H,30,34)/t11-,13?,15?,16?,20?,22-,24?/m0/s1. The first-order valence-corrected chi connectivity index (χ1v) is 13.7. The van der Waals surface area contributed by atoms with Crippen LogP contribution in [0, 0.1) is 41.1 Å². The molecule has 1 amide bonds. The minimum atomic E-state index is -4.04. The van der Waals surface area contributed by atoms with Crippen LogP contribution in [0.15, 0.2) is 35.2 Å². The molecule has 0 aliphatic heterocycles. The minimum absolute atomic E-state index is 0.0971. The van der Waals surface area contributed by atoms with Crippen LogP contribution in [0.4, 0.5) is 18.9 Å². The average Bonchev–Trinajstić information content (AvgIpc) is 3.04. The van der Waals surface area contributed by atoms with Crippen LogP contribution in [0.3, 0.4) is 0 Å². The summed E-state index contributed by atoms with van der Waals surface area (Å²) in [7, 11) is -4.04. The summed E-state index contributed by atoms with van der Waals surface area (Å²) in [6.45, 7) is 1.36. The fraction of sp³-hybridized carbons (Fsp3) is 0.480. The molecular weight excluding hydrogens is 535 g/mol. The molecule has 2 aromatic carbocycles. The summed E-state index contributed by atoms with van der Waals surface area (Å²) in [5.74, 6) is -6.21. The van der Waals surface area contributed by atoms with Gasteiger partial charge in [-0.1, -0.05) is 18.5 Å². The summed E-state index contributed by atoms with van der Waals surface area (Å²) in [5, 5.41) is 31.0. The fourth-order valence-electron chi connectivity index (χ4n) is 5.94. The lowest BCUT2D eigenvalue weighted by Crippen LogP contribution is -2.45. The topological polar surface area (TPSA) is 124 Å². The van der Waals surface area contributed by atoms with Gasteiger partial charge in [-0.3, -0.25) is 4.79 Å². The van der Waals surface area contributed by atoms with Crippen LogP contribution < -0.4 is 5.32 Å². The van der Waals surface area contributed by atoms with Crippen LogP contribution >= 0.6 is 11.6 Å². The highest BCUT2D eigenvalue weighted by Gasteiger charge is 2.53. The number of amides is 1. The van der Waals surface area contributed by atoms with Crippen molar-refractivity contribution in [3.63, 3.8) is 0 Å². The maximum Gasteiger partial charge on any atom is 0.255 e. The molecule has 4 rings (SSSR count). The van der Waals surface area contributed by atoms with Crippen molar-refractivity contribution in [2.75, 3.05) is 11.9 Å². The maximum absolute atomic E-state index is 13.7. The molecule has 2 bridgehead atoms. The van der Waals surface area contributed by atoms with E-state index in [1.165, 1.54) is 12.1 Å². The molecule has 7 nitrogen and oxygen atoms in total. The van der Waals surface area contributed by atoms with E-state index >= 15 is 0 Å². The summed E-state index contributed by atoms with van der Waals surface area (Å²) in [6.07, 6.45) is -1.41. The van der Waals surface area contributed by atoms with Gasteiger partial charge in [0.15, 0.2) is 27.3 Å². The van der Waals surface area contributed by atoms with Gasteiger partial charge in [0.25, 0.3) is 5.91 Å². The monoisotopic (exact) mass is 561 g/mol. The molecule has 5 unspecified atom stereocenters. The van der Waals surface area contributed by atoms with E-state index in [9.17, 15) is 41.7 Å². The first-order valence-electron chi connectivity index (χ1n) is 11.8. The zero-order chi connectivity index (χ0) is 27.2. The summed E-state index contributed by atoms with van der Waals surface area (Å²) in [5.41, 5.74) is -0.493. The highest BCUT2D eigenvalue weighted by Crippen LogP contribution is 2.54. The Labute approximate surface area is 217 Å². The van der Waals surface area contributed by atoms with Crippen molar-refractivity contribution in [3.05, 3.63) is 58.4 Å². The zero-order valence-corrected chi connectivity index (χ0v) is 21.3. The number of carbonyl (C=O) groups excluding carboxylic acids is 1. The van der Waals surface area contributed by atoms with Crippen molar-refractivity contribution in [3.8, 4) is 0 Å². The van der Waals surface area contributed by atoms with Gasteiger partial charge in [0.05, 0.1) is 27.9 Å². The summed E-state index contributed by atoms with van der Waals surface area (Å²) in [4.78, 5) is 12.4. The van der Waals surface area contributed by atoms with Crippen LogP contribution in [0.1, 0.15) is 36.5 Å².